The molecule has 5 rings (SSSR count). The van der Waals surface area contributed by atoms with Crippen LogP contribution >= 0.6 is 0 Å². The van der Waals surface area contributed by atoms with Crippen LogP contribution in [0.2, 0.25) is 0 Å². The molecule has 5 aromatic rings. The molecule has 0 fully saturated rings. The molecule has 2 N–H and O–H groups in total. The predicted molar refractivity (Wildman–Crippen MR) is 154 cm³/mol. The predicted octanol–water partition coefficient (Wildman–Crippen LogP) is 6.27. The number of ether oxygens (including phenoxy) is 2. The Labute approximate surface area is 228 Å². The van der Waals surface area contributed by atoms with Crippen molar-refractivity contribution >= 4 is 27.6 Å². The quantitative estimate of drug-likeness (QED) is 0.166. The molecule has 39 heavy (non-hydrogen) atoms. The first-order valence-electron chi connectivity index (χ1n) is 13.6. The number of rotatable bonds is 10. The van der Waals surface area contributed by atoms with Crippen molar-refractivity contribution in [1.82, 2.24) is 14.8 Å². The molecule has 0 aliphatic rings. The summed E-state index contributed by atoms with van der Waals surface area (Å²) in [6.07, 6.45) is 2.13. The molecule has 0 aliphatic heterocycles. The minimum Gasteiger partial charge on any atom is -0.493 e. The first-order valence-corrected chi connectivity index (χ1v) is 13.6. The van der Waals surface area contributed by atoms with Gasteiger partial charge in [-0.25, -0.2) is 4.79 Å². The Balaban J connectivity index is 1.52. The smallest absolute Gasteiger partial charge is 0.355 e. The van der Waals surface area contributed by atoms with E-state index < -0.39 is 0 Å². The van der Waals surface area contributed by atoms with Gasteiger partial charge in [0, 0.05) is 34.6 Å². The van der Waals surface area contributed by atoms with E-state index in [0.717, 1.165) is 68.2 Å². The molecule has 0 aliphatic carbocycles. The summed E-state index contributed by atoms with van der Waals surface area (Å²) in [5, 5.41) is 17.9. The van der Waals surface area contributed by atoms with Crippen molar-refractivity contribution in [2.75, 3.05) is 13.2 Å². The van der Waals surface area contributed by atoms with Crippen molar-refractivity contribution in [3.63, 3.8) is 0 Å². The van der Waals surface area contributed by atoms with Gasteiger partial charge in [0.15, 0.2) is 0 Å². The molecule has 2 aromatic heterocycles. The van der Waals surface area contributed by atoms with E-state index in [2.05, 4.69) is 47.3 Å². The maximum Gasteiger partial charge on any atom is 0.355 e. The number of benzene rings is 3. The molecule has 202 valence electrons. The number of aliphatic hydroxyl groups is 1. The molecule has 2 heterocycles. The highest BCUT2D eigenvalue weighted by molar-refractivity contribution is 6.05. The molecule has 0 atom stereocenters. The summed E-state index contributed by atoms with van der Waals surface area (Å²) in [7, 11) is 1.90. The highest BCUT2D eigenvalue weighted by atomic mass is 16.5. The number of aliphatic hydroxyl groups excluding tert-OH is 1. The number of hydrogen-bond acceptors (Lipinski definition) is 5. The molecular weight excluding hydrogens is 490 g/mol. The Hall–Kier alpha value is -4.10. The largest absolute Gasteiger partial charge is 0.493 e. The van der Waals surface area contributed by atoms with Gasteiger partial charge in [-0.15, -0.1) is 0 Å². The lowest BCUT2D eigenvalue weighted by Crippen LogP contribution is -2.09. The Kier molecular flexibility index (Phi) is 7.70. The molecule has 0 saturated heterocycles. The van der Waals surface area contributed by atoms with Crippen molar-refractivity contribution < 1.29 is 19.4 Å². The van der Waals surface area contributed by atoms with Crippen LogP contribution in [-0.4, -0.2) is 39.1 Å². The SMILES string of the molecule is CCOC(=O)c1[nH]c2c(-c3c(CO)nn(C)c3CC)c(C)ccc2c1CCCOc1cccc2ccccc12. The van der Waals surface area contributed by atoms with E-state index in [1.54, 1.807) is 0 Å². The molecule has 0 unspecified atom stereocenters. The third-order valence-corrected chi connectivity index (χ3v) is 7.32. The average molecular weight is 526 g/mol. The van der Waals surface area contributed by atoms with E-state index in [1.165, 1.54) is 0 Å². The van der Waals surface area contributed by atoms with Crippen LogP contribution in [0.25, 0.3) is 32.8 Å². The summed E-state index contributed by atoms with van der Waals surface area (Å²) < 4.78 is 13.5. The van der Waals surface area contributed by atoms with Gasteiger partial charge in [-0.2, -0.15) is 5.10 Å². The number of aromatic amines is 1. The summed E-state index contributed by atoms with van der Waals surface area (Å²) in [5.41, 5.74) is 6.84. The van der Waals surface area contributed by atoms with Gasteiger partial charge in [-0.1, -0.05) is 55.5 Å². The normalized spacial score (nSPS) is 11.4. The number of nitrogens with zero attached hydrogens (tertiary/aromatic N) is 2. The first-order chi connectivity index (χ1) is 19.0. The van der Waals surface area contributed by atoms with Gasteiger partial charge in [-0.05, 0) is 55.7 Å². The first kappa shape index (κ1) is 26.5. The maximum absolute atomic E-state index is 13.1. The summed E-state index contributed by atoms with van der Waals surface area (Å²) in [5.74, 6) is 0.488. The van der Waals surface area contributed by atoms with Crippen molar-refractivity contribution in [1.29, 1.82) is 0 Å². The molecule has 0 radical (unpaired) electrons. The van der Waals surface area contributed by atoms with E-state index in [-0.39, 0.29) is 12.6 Å². The van der Waals surface area contributed by atoms with Crippen LogP contribution in [0.5, 0.6) is 5.75 Å². The number of hydrogen-bond donors (Lipinski definition) is 2. The molecular formula is C32H35N3O4. The van der Waals surface area contributed by atoms with Crippen LogP contribution in [0.15, 0.2) is 54.6 Å². The zero-order valence-electron chi connectivity index (χ0n) is 23.0. The monoisotopic (exact) mass is 525 g/mol. The Morgan fingerprint density at radius 3 is 2.59 bits per heavy atom. The van der Waals surface area contributed by atoms with Gasteiger partial charge in [0.25, 0.3) is 0 Å². The number of esters is 1. The third kappa shape index (κ3) is 4.90. The number of fused-ring (bicyclic) bond motifs is 2. The van der Waals surface area contributed by atoms with Crippen LogP contribution in [0, 0.1) is 6.92 Å². The summed E-state index contributed by atoms with van der Waals surface area (Å²) in [6, 6.07) is 18.4. The fourth-order valence-corrected chi connectivity index (χ4v) is 5.56. The third-order valence-electron chi connectivity index (χ3n) is 7.32. The maximum atomic E-state index is 13.1. The minimum absolute atomic E-state index is 0.164. The highest BCUT2D eigenvalue weighted by Crippen LogP contribution is 2.39. The Bertz CT molecular complexity index is 1640. The van der Waals surface area contributed by atoms with Gasteiger partial charge in [0.1, 0.15) is 11.4 Å². The summed E-state index contributed by atoms with van der Waals surface area (Å²) in [6.45, 7) is 6.58. The van der Waals surface area contributed by atoms with Gasteiger partial charge in [0.05, 0.1) is 31.0 Å². The number of H-pyrrole nitrogens is 1. The lowest BCUT2D eigenvalue weighted by molar-refractivity contribution is 0.0519. The van der Waals surface area contributed by atoms with Crippen molar-refractivity contribution in [2.45, 2.75) is 46.6 Å². The number of carbonyl (C=O) groups excluding carboxylic acids is 1. The molecule has 0 saturated carbocycles. The molecule has 7 heteroatoms. The Morgan fingerprint density at radius 1 is 1.03 bits per heavy atom. The second-order valence-electron chi connectivity index (χ2n) is 9.71. The van der Waals surface area contributed by atoms with Crippen molar-refractivity contribution in [3.05, 3.63) is 82.8 Å². The minimum atomic E-state index is -0.369. The zero-order chi connectivity index (χ0) is 27.5. The summed E-state index contributed by atoms with van der Waals surface area (Å²) in [4.78, 5) is 16.5. The average Bonchev–Trinajstić information content (AvgIpc) is 3.47. The molecule has 0 amide bonds. The van der Waals surface area contributed by atoms with Crippen LogP contribution in [-0.2, 0) is 31.2 Å². The molecule has 7 nitrogen and oxygen atoms in total. The standard InChI is InChI=1S/C32H35N3O4/c1-5-26-29(25(19-36)34-35(26)4)28-20(3)16-17-24-23(31(33-30(24)28)32(37)38-6-2)14-10-18-39-27-15-9-12-21-11-7-8-13-22(21)27/h7-9,11-13,15-17,33,36H,5-6,10,14,18-19H2,1-4H3. The van der Waals surface area contributed by atoms with Gasteiger partial charge < -0.3 is 19.6 Å². The van der Waals surface area contributed by atoms with Gasteiger partial charge >= 0.3 is 5.97 Å². The van der Waals surface area contributed by atoms with E-state index in [1.807, 2.05) is 49.8 Å². The number of aryl methyl sites for hydroxylation is 3. The highest BCUT2D eigenvalue weighted by Gasteiger charge is 2.25. The summed E-state index contributed by atoms with van der Waals surface area (Å²) >= 11 is 0. The van der Waals surface area contributed by atoms with Crippen LogP contribution in [0.3, 0.4) is 0 Å². The van der Waals surface area contributed by atoms with Gasteiger partial charge in [0.2, 0.25) is 0 Å². The molecule has 0 spiro atoms. The Morgan fingerprint density at radius 2 is 1.82 bits per heavy atom. The topological polar surface area (TPSA) is 89.4 Å². The van der Waals surface area contributed by atoms with Crippen LogP contribution in [0.1, 0.15) is 53.3 Å². The van der Waals surface area contributed by atoms with Crippen LogP contribution in [0.4, 0.5) is 0 Å². The molecule has 0 bridgehead atoms. The fourth-order valence-electron chi connectivity index (χ4n) is 5.56. The van der Waals surface area contributed by atoms with E-state index >= 15 is 0 Å². The van der Waals surface area contributed by atoms with Crippen molar-refractivity contribution in [2.24, 2.45) is 7.05 Å². The zero-order valence-corrected chi connectivity index (χ0v) is 23.0. The fraction of sp³-hybridized carbons (Fsp3) is 0.312. The second kappa shape index (κ2) is 11.3. The lowest BCUT2D eigenvalue weighted by atomic mass is 9.93. The number of carbonyl (C=O) groups is 1. The van der Waals surface area contributed by atoms with Gasteiger partial charge in [-0.3, -0.25) is 4.68 Å². The number of aromatic nitrogens is 3. The molecule has 3 aromatic carbocycles. The lowest BCUT2D eigenvalue weighted by Gasteiger charge is -2.11. The van der Waals surface area contributed by atoms with Crippen molar-refractivity contribution in [3.8, 4) is 16.9 Å². The van der Waals surface area contributed by atoms with Crippen LogP contribution < -0.4 is 4.74 Å². The van der Waals surface area contributed by atoms with E-state index in [9.17, 15) is 9.90 Å². The number of nitrogens with one attached hydrogen (secondary N) is 1. The second-order valence-corrected chi connectivity index (χ2v) is 9.71. The van der Waals surface area contributed by atoms with E-state index in [0.29, 0.717) is 31.0 Å². The van der Waals surface area contributed by atoms with E-state index in [4.69, 9.17) is 9.47 Å².